The Labute approximate surface area is 109 Å². The molecule has 19 heavy (non-hydrogen) atoms. The van der Waals surface area contributed by atoms with Gasteiger partial charge in [-0.3, -0.25) is 0 Å². The van der Waals surface area contributed by atoms with Crippen LogP contribution in [0.15, 0.2) is 42.6 Å². The van der Waals surface area contributed by atoms with Crippen LogP contribution in [0, 0.1) is 5.82 Å². The maximum Gasteiger partial charge on any atom is 0.153 e. The van der Waals surface area contributed by atoms with Crippen molar-refractivity contribution in [2.75, 3.05) is 6.54 Å². The molecule has 96 valence electrons. The molecule has 2 aromatic heterocycles. The van der Waals surface area contributed by atoms with Gasteiger partial charge >= 0.3 is 0 Å². The van der Waals surface area contributed by atoms with Gasteiger partial charge in [0, 0.05) is 12.0 Å². The average molecular weight is 256 g/mol. The smallest absolute Gasteiger partial charge is 0.153 e. The topological polar surface area (TPSA) is 56.2 Å². The molecule has 0 aliphatic rings. The molecule has 2 N–H and O–H groups in total. The lowest BCUT2D eigenvalue weighted by molar-refractivity contribution is 0.628. The Kier molecular flexibility index (Phi) is 2.97. The Bertz CT molecular complexity index is 720. The van der Waals surface area contributed by atoms with Gasteiger partial charge in [-0.25, -0.2) is 13.9 Å². The van der Waals surface area contributed by atoms with Crippen LogP contribution in [0.3, 0.4) is 0 Å². The molecule has 4 nitrogen and oxygen atoms in total. The number of aromatic nitrogens is 3. The van der Waals surface area contributed by atoms with Crippen LogP contribution in [0.1, 0.15) is 5.69 Å². The molecule has 0 saturated heterocycles. The van der Waals surface area contributed by atoms with Crippen molar-refractivity contribution in [3.63, 3.8) is 0 Å². The molecule has 0 fully saturated rings. The van der Waals surface area contributed by atoms with Crippen LogP contribution in [0.25, 0.3) is 16.9 Å². The number of nitrogens with two attached hydrogens (primary N) is 1. The first kappa shape index (κ1) is 11.8. The third kappa shape index (κ3) is 2.32. The van der Waals surface area contributed by atoms with E-state index in [2.05, 4.69) is 10.1 Å². The zero-order valence-electron chi connectivity index (χ0n) is 10.3. The van der Waals surface area contributed by atoms with Crippen LogP contribution < -0.4 is 5.73 Å². The predicted octanol–water partition coefficient (Wildman–Crippen LogP) is 2.04. The first-order valence-corrected chi connectivity index (χ1v) is 6.07. The highest BCUT2D eigenvalue weighted by Gasteiger charge is 2.05. The Hall–Kier alpha value is -2.27. The van der Waals surface area contributed by atoms with E-state index in [1.807, 2.05) is 24.4 Å². The molecular weight excluding hydrogens is 243 g/mol. The Morgan fingerprint density at radius 1 is 1.21 bits per heavy atom. The lowest BCUT2D eigenvalue weighted by atomic mass is 10.1. The van der Waals surface area contributed by atoms with Crippen molar-refractivity contribution in [2.45, 2.75) is 6.42 Å². The summed E-state index contributed by atoms with van der Waals surface area (Å²) >= 11 is 0. The molecule has 0 spiro atoms. The van der Waals surface area contributed by atoms with Gasteiger partial charge in [0.25, 0.3) is 0 Å². The van der Waals surface area contributed by atoms with E-state index in [1.165, 1.54) is 12.1 Å². The minimum atomic E-state index is -0.270. The molecule has 1 aromatic carbocycles. The first-order valence-electron chi connectivity index (χ1n) is 6.07. The average Bonchev–Trinajstić information content (AvgIpc) is 2.80. The second-order valence-electron chi connectivity index (χ2n) is 4.30. The number of halogens is 1. The molecule has 0 saturated carbocycles. The SMILES string of the molecule is NCCc1cn2nc(-c3cccc(F)c3)ccc2n1. The second-order valence-corrected chi connectivity index (χ2v) is 4.30. The molecule has 3 rings (SSSR count). The summed E-state index contributed by atoms with van der Waals surface area (Å²) in [7, 11) is 0. The maximum absolute atomic E-state index is 13.2. The van der Waals surface area contributed by atoms with Gasteiger partial charge in [0.2, 0.25) is 0 Å². The van der Waals surface area contributed by atoms with E-state index in [-0.39, 0.29) is 5.82 Å². The molecule has 0 amide bonds. The van der Waals surface area contributed by atoms with Gasteiger partial charge in [-0.15, -0.1) is 0 Å². The molecule has 0 aliphatic carbocycles. The molecule has 0 bridgehead atoms. The number of benzene rings is 1. The quantitative estimate of drug-likeness (QED) is 0.780. The van der Waals surface area contributed by atoms with E-state index in [4.69, 9.17) is 5.73 Å². The number of rotatable bonds is 3. The molecular formula is C14H13FN4. The molecule has 0 atom stereocenters. The van der Waals surface area contributed by atoms with Crippen LogP contribution >= 0.6 is 0 Å². The number of imidazole rings is 1. The monoisotopic (exact) mass is 256 g/mol. The van der Waals surface area contributed by atoms with Crippen molar-refractivity contribution in [1.82, 2.24) is 14.6 Å². The highest BCUT2D eigenvalue weighted by Crippen LogP contribution is 2.18. The van der Waals surface area contributed by atoms with E-state index in [0.717, 1.165) is 23.3 Å². The minimum absolute atomic E-state index is 0.270. The van der Waals surface area contributed by atoms with E-state index in [0.29, 0.717) is 12.2 Å². The number of hydrogen-bond acceptors (Lipinski definition) is 3. The molecule has 0 radical (unpaired) electrons. The lowest BCUT2D eigenvalue weighted by Gasteiger charge is -2.01. The van der Waals surface area contributed by atoms with Gasteiger partial charge in [-0.2, -0.15) is 5.10 Å². The van der Waals surface area contributed by atoms with Gasteiger partial charge in [0.1, 0.15) is 5.82 Å². The van der Waals surface area contributed by atoms with Gasteiger partial charge in [0.05, 0.1) is 17.6 Å². The van der Waals surface area contributed by atoms with Crippen LogP contribution in [0.2, 0.25) is 0 Å². The zero-order valence-corrected chi connectivity index (χ0v) is 10.3. The lowest BCUT2D eigenvalue weighted by Crippen LogP contribution is -2.02. The van der Waals surface area contributed by atoms with Crippen molar-refractivity contribution in [2.24, 2.45) is 5.73 Å². The number of nitrogens with zero attached hydrogens (tertiary/aromatic N) is 3. The largest absolute Gasteiger partial charge is 0.330 e. The van der Waals surface area contributed by atoms with Crippen LogP contribution in [0.4, 0.5) is 4.39 Å². The maximum atomic E-state index is 13.2. The highest BCUT2D eigenvalue weighted by molar-refractivity contribution is 5.60. The minimum Gasteiger partial charge on any atom is -0.330 e. The summed E-state index contributed by atoms with van der Waals surface area (Å²) in [6, 6.07) is 10.1. The molecule has 3 aromatic rings. The van der Waals surface area contributed by atoms with Crippen molar-refractivity contribution in [3.05, 3.63) is 54.1 Å². The third-order valence-corrected chi connectivity index (χ3v) is 2.89. The van der Waals surface area contributed by atoms with Crippen molar-refractivity contribution >= 4 is 5.65 Å². The van der Waals surface area contributed by atoms with Gasteiger partial charge < -0.3 is 5.73 Å². The molecule has 2 heterocycles. The standard InChI is InChI=1S/C14H13FN4/c15-11-3-1-2-10(8-11)13-4-5-14-17-12(6-7-16)9-19(14)18-13/h1-5,8-9H,6-7,16H2. The van der Waals surface area contributed by atoms with E-state index in [9.17, 15) is 4.39 Å². The van der Waals surface area contributed by atoms with Crippen LogP contribution in [-0.4, -0.2) is 21.1 Å². The Morgan fingerprint density at radius 3 is 2.89 bits per heavy atom. The fourth-order valence-electron chi connectivity index (χ4n) is 2.00. The normalized spacial score (nSPS) is 11.1. The van der Waals surface area contributed by atoms with Crippen molar-refractivity contribution in [1.29, 1.82) is 0 Å². The summed E-state index contributed by atoms with van der Waals surface area (Å²) in [5.41, 5.74) is 8.64. The number of fused-ring (bicyclic) bond motifs is 1. The number of hydrogen-bond donors (Lipinski definition) is 1. The summed E-state index contributed by atoms with van der Waals surface area (Å²) in [6.07, 6.45) is 2.57. The fraction of sp³-hybridized carbons (Fsp3) is 0.143. The van der Waals surface area contributed by atoms with Gasteiger partial charge in [0.15, 0.2) is 5.65 Å². The Morgan fingerprint density at radius 2 is 2.11 bits per heavy atom. The van der Waals surface area contributed by atoms with E-state index in [1.54, 1.807) is 10.6 Å². The van der Waals surface area contributed by atoms with E-state index < -0.39 is 0 Å². The Balaban J connectivity index is 2.05. The summed E-state index contributed by atoms with van der Waals surface area (Å²) < 4.78 is 14.9. The van der Waals surface area contributed by atoms with Crippen LogP contribution in [-0.2, 0) is 6.42 Å². The first-order chi connectivity index (χ1) is 9.26. The predicted molar refractivity (Wildman–Crippen MR) is 71.1 cm³/mol. The summed E-state index contributed by atoms with van der Waals surface area (Å²) in [6.45, 7) is 0.556. The summed E-state index contributed by atoms with van der Waals surface area (Å²) in [5.74, 6) is -0.270. The highest BCUT2D eigenvalue weighted by atomic mass is 19.1. The van der Waals surface area contributed by atoms with Crippen molar-refractivity contribution in [3.8, 4) is 11.3 Å². The van der Waals surface area contributed by atoms with Crippen LogP contribution in [0.5, 0.6) is 0 Å². The summed E-state index contributed by atoms with van der Waals surface area (Å²) in [4.78, 5) is 4.40. The molecule has 0 aliphatic heterocycles. The summed E-state index contributed by atoms with van der Waals surface area (Å²) in [5, 5.41) is 4.44. The third-order valence-electron chi connectivity index (χ3n) is 2.89. The second kappa shape index (κ2) is 4.78. The zero-order chi connectivity index (χ0) is 13.2. The van der Waals surface area contributed by atoms with Crippen molar-refractivity contribution < 1.29 is 4.39 Å². The fourth-order valence-corrected chi connectivity index (χ4v) is 2.00. The van der Waals surface area contributed by atoms with Gasteiger partial charge in [-0.05, 0) is 30.8 Å². The van der Waals surface area contributed by atoms with Gasteiger partial charge in [-0.1, -0.05) is 12.1 Å². The molecule has 0 unspecified atom stereocenters. The molecule has 5 heteroatoms. The van der Waals surface area contributed by atoms with E-state index >= 15 is 0 Å².